The Bertz CT molecular complexity index is 367. The standard InChI is InChI=1S/C18H35NO6/c1-2-3-4-5-6-7-8-9-10-11-14(21)19-15-17(23)16(22)13(12-20)25-18(15)24/h13,15-18,20,22-24H,2-12H2,1H3,(H,19,21)/t13?,15?,16-,17?,18-/m1/s1. The van der Waals surface area contributed by atoms with Crippen LogP contribution in [0.4, 0.5) is 0 Å². The van der Waals surface area contributed by atoms with Crippen LogP contribution in [-0.4, -0.2) is 63.6 Å². The normalized spacial score (nSPS) is 29.6. The fourth-order valence-electron chi connectivity index (χ4n) is 3.11. The van der Waals surface area contributed by atoms with Crippen molar-refractivity contribution in [3.05, 3.63) is 0 Å². The molecule has 0 radical (unpaired) electrons. The first kappa shape index (κ1) is 22.3. The Kier molecular flexibility index (Phi) is 11.2. The SMILES string of the molecule is CCCCCCCCCCCC(=O)NC1C(O)[C@H](O)C(CO)O[C@H]1O. The zero-order valence-corrected chi connectivity index (χ0v) is 15.3. The molecule has 1 fully saturated rings. The van der Waals surface area contributed by atoms with E-state index in [1.54, 1.807) is 0 Å². The van der Waals surface area contributed by atoms with Gasteiger partial charge in [0.05, 0.1) is 6.61 Å². The average Bonchev–Trinajstić information content (AvgIpc) is 2.60. The van der Waals surface area contributed by atoms with E-state index in [1.165, 1.54) is 38.5 Å². The second-order valence-corrected chi connectivity index (χ2v) is 6.90. The van der Waals surface area contributed by atoms with Crippen LogP contribution in [0.1, 0.15) is 71.1 Å². The van der Waals surface area contributed by atoms with Crippen LogP contribution in [0.25, 0.3) is 0 Å². The second-order valence-electron chi connectivity index (χ2n) is 6.90. The fourth-order valence-corrected chi connectivity index (χ4v) is 3.11. The van der Waals surface area contributed by atoms with Crippen LogP contribution in [0.2, 0.25) is 0 Å². The molecule has 1 amide bonds. The Balaban J connectivity index is 2.15. The van der Waals surface area contributed by atoms with E-state index in [0.717, 1.165) is 19.3 Å². The van der Waals surface area contributed by atoms with Gasteiger partial charge in [0.25, 0.3) is 0 Å². The summed E-state index contributed by atoms with van der Waals surface area (Å²) in [4.78, 5) is 11.9. The smallest absolute Gasteiger partial charge is 0.220 e. The van der Waals surface area contributed by atoms with Gasteiger partial charge in [0.15, 0.2) is 6.29 Å². The molecule has 0 aliphatic carbocycles. The Labute approximate surface area is 150 Å². The minimum atomic E-state index is -1.46. The van der Waals surface area contributed by atoms with Crippen LogP contribution in [0.3, 0.4) is 0 Å². The van der Waals surface area contributed by atoms with Gasteiger partial charge in [0.2, 0.25) is 5.91 Å². The predicted octanol–water partition coefficient (Wildman–Crippen LogP) is 0.823. The third kappa shape index (κ3) is 8.00. The van der Waals surface area contributed by atoms with Gasteiger partial charge in [0, 0.05) is 6.42 Å². The maximum absolute atomic E-state index is 11.9. The number of aliphatic hydroxyl groups excluding tert-OH is 4. The molecule has 0 aromatic carbocycles. The van der Waals surface area contributed by atoms with E-state index in [4.69, 9.17) is 9.84 Å². The molecule has 1 aliphatic heterocycles. The van der Waals surface area contributed by atoms with Gasteiger partial charge in [-0.3, -0.25) is 4.79 Å². The highest BCUT2D eigenvalue weighted by Crippen LogP contribution is 2.20. The predicted molar refractivity (Wildman–Crippen MR) is 93.8 cm³/mol. The summed E-state index contributed by atoms with van der Waals surface area (Å²) >= 11 is 0. The summed E-state index contributed by atoms with van der Waals surface area (Å²) in [6.07, 6.45) is 5.46. The number of ether oxygens (including phenoxy) is 1. The number of amides is 1. The molecule has 25 heavy (non-hydrogen) atoms. The lowest BCUT2D eigenvalue weighted by Crippen LogP contribution is -2.64. The van der Waals surface area contributed by atoms with Crippen molar-refractivity contribution < 1.29 is 30.0 Å². The van der Waals surface area contributed by atoms with Gasteiger partial charge in [-0.05, 0) is 6.42 Å². The molecule has 1 rings (SSSR count). The van der Waals surface area contributed by atoms with Crippen molar-refractivity contribution in [2.75, 3.05) is 6.61 Å². The molecule has 3 unspecified atom stereocenters. The number of nitrogens with one attached hydrogen (secondary N) is 1. The fraction of sp³-hybridized carbons (Fsp3) is 0.944. The van der Waals surface area contributed by atoms with E-state index in [2.05, 4.69) is 12.2 Å². The molecule has 1 saturated heterocycles. The summed E-state index contributed by atoms with van der Waals surface area (Å²) in [5.41, 5.74) is 0. The topological polar surface area (TPSA) is 119 Å². The molecule has 1 heterocycles. The summed E-state index contributed by atoms with van der Waals surface area (Å²) < 4.78 is 5.01. The Morgan fingerprint density at radius 3 is 2.04 bits per heavy atom. The van der Waals surface area contributed by atoms with Gasteiger partial charge >= 0.3 is 0 Å². The summed E-state index contributed by atoms with van der Waals surface area (Å²) in [6.45, 7) is 1.68. The minimum absolute atomic E-state index is 0.288. The number of unbranched alkanes of at least 4 members (excludes halogenated alkanes) is 8. The van der Waals surface area contributed by atoms with Crippen molar-refractivity contribution in [3.8, 4) is 0 Å². The van der Waals surface area contributed by atoms with Gasteiger partial charge < -0.3 is 30.5 Å². The van der Waals surface area contributed by atoms with E-state index in [1.807, 2.05) is 0 Å². The van der Waals surface area contributed by atoms with E-state index in [-0.39, 0.29) is 5.91 Å². The largest absolute Gasteiger partial charge is 0.394 e. The van der Waals surface area contributed by atoms with Crippen molar-refractivity contribution in [2.24, 2.45) is 0 Å². The van der Waals surface area contributed by atoms with E-state index >= 15 is 0 Å². The lowest BCUT2D eigenvalue weighted by atomic mass is 9.97. The maximum atomic E-state index is 11.9. The number of rotatable bonds is 12. The Hall–Kier alpha value is -0.730. The van der Waals surface area contributed by atoms with Gasteiger partial charge in [-0.1, -0.05) is 58.3 Å². The summed E-state index contributed by atoms with van der Waals surface area (Å²) in [6, 6.07) is -1.09. The first-order valence-electron chi connectivity index (χ1n) is 9.61. The molecule has 7 nitrogen and oxygen atoms in total. The lowest BCUT2D eigenvalue weighted by Gasteiger charge is -2.40. The van der Waals surface area contributed by atoms with E-state index in [0.29, 0.717) is 6.42 Å². The number of hydrogen-bond acceptors (Lipinski definition) is 6. The molecule has 148 valence electrons. The van der Waals surface area contributed by atoms with Crippen molar-refractivity contribution >= 4 is 5.91 Å². The van der Waals surface area contributed by atoms with Crippen LogP contribution in [0, 0.1) is 0 Å². The first-order valence-corrected chi connectivity index (χ1v) is 9.61. The summed E-state index contributed by atoms with van der Waals surface area (Å²) in [7, 11) is 0. The highest BCUT2D eigenvalue weighted by molar-refractivity contribution is 5.76. The van der Waals surface area contributed by atoms with Gasteiger partial charge in [-0.15, -0.1) is 0 Å². The number of hydrogen-bond donors (Lipinski definition) is 5. The molecular weight excluding hydrogens is 326 g/mol. The number of carbonyl (C=O) groups excluding carboxylic acids is 1. The van der Waals surface area contributed by atoms with Crippen molar-refractivity contribution in [1.29, 1.82) is 0 Å². The summed E-state index contributed by atoms with van der Waals surface area (Å²) in [5, 5.41) is 41.1. The highest BCUT2D eigenvalue weighted by atomic mass is 16.6. The summed E-state index contributed by atoms with van der Waals surface area (Å²) in [5.74, 6) is -0.288. The quantitative estimate of drug-likeness (QED) is 0.328. The lowest BCUT2D eigenvalue weighted by molar-refractivity contribution is -0.253. The van der Waals surface area contributed by atoms with Crippen LogP contribution in [0.5, 0.6) is 0 Å². The van der Waals surface area contributed by atoms with Gasteiger partial charge in [-0.25, -0.2) is 0 Å². The van der Waals surface area contributed by atoms with Crippen LogP contribution in [0.15, 0.2) is 0 Å². The Morgan fingerprint density at radius 1 is 0.920 bits per heavy atom. The zero-order chi connectivity index (χ0) is 18.7. The third-order valence-corrected chi connectivity index (χ3v) is 4.74. The Morgan fingerprint density at radius 2 is 1.48 bits per heavy atom. The molecule has 5 atom stereocenters. The first-order chi connectivity index (χ1) is 12.0. The molecule has 0 bridgehead atoms. The zero-order valence-electron chi connectivity index (χ0n) is 15.3. The van der Waals surface area contributed by atoms with Crippen LogP contribution in [-0.2, 0) is 9.53 Å². The van der Waals surface area contributed by atoms with Crippen molar-refractivity contribution in [2.45, 2.75) is 102 Å². The van der Waals surface area contributed by atoms with Gasteiger partial charge in [-0.2, -0.15) is 0 Å². The molecule has 0 spiro atoms. The molecular formula is C18H35NO6. The van der Waals surface area contributed by atoms with Crippen molar-refractivity contribution in [1.82, 2.24) is 5.32 Å². The molecule has 7 heteroatoms. The van der Waals surface area contributed by atoms with Crippen LogP contribution < -0.4 is 5.32 Å². The number of carbonyl (C=O) groups is 1. The van der Waals surface area contributed by atoms with Crippen molar-refractivity contribution in [3.63, 3.8) is 0 Å². The molecule has 0 aromatic heterocycles. The maximum Gasteiger partial charge on any atom is 0.220 e. The number of aliphatic hydroxyl groups is 4. The second kappa shape index (κ2) is 12.6. The van der Waals surface area contributed by atoms with Crippen LogP contribution >= 0.6 is 0 Å². The minimum Gasteiger partial charge on any atom is -0.394 e. The molecule has 5 N–H and O–H groups in total. The van der Waals surface area contributed by atoms with Gasteiger partial charge in [0.1, 0.15) is 24.4 Å². The average molecular weight is 361 g/mol. The highest BCUT2D eigenvalue weighted by Gasteiger charge is 2.44. The molecule has 0 aromatic rings. The van der Waals surface area contributed by atoms with E-state index in [9.17, 15) is 20.1 Å². The molecule has 0 saturated carbocycles. The van der Waals surface area contributed by atoms with E-state index < -0.39 is 37.3 Å². The third-order valence-electron chi connectivity index (χ3n) is 4.74. The monoisotopic (exact) mass is 361 g/mol. The molecule has 1 aliphatic rings.